The molecule has 2 N–H and O–H groups in total. The van der Waals surface area contributed by atoms with Crippen LogP contribution in [0, 0.1) is 19.7 Å². The van der Waals surface area contributed by atoms with Crippen molar-refractivity contribution in [2.24, 2.45) is 28.2 Å². The average Bonchev–Trinajstić information content (AvgIpc) is 2.78. The lowest BCUT2D eigenvalue weighted by atomic mass is 9.86. The fraction of sp³-hybridized carbons (Fsp3) is 0.263. The van der Waals surface area contributed by atoms with Crippen molar-refractivity contribution in [1.82, 2.24) is 18.3 Å². The first-order valence-electron chi connectivity index (χ1n) is 9.12. The fourth-order valence-corrected chi connectivity index (χ4v) is 3.86. The number of hydrogen-bond acceptors (Lipinski definition) is 8. The molecule has 2 heterocycles. The van der Waals surface area contributed by atoms with Crippen LogP contribution in [0.3, 0.4) is 0 Å². The molecule has 0 radical (unpaired) electrons. The smallest absolute Gasteiger partial charge is 0.269 e. The monoisotopic (exact) mass is 477 g/mol. The van der Waals surface area contributed by atoms with E-state index in [9.17, 15) is 29.9 Å². The van der Waals surface area contributed by atoms with Crippen LogP contribution in [0.2, 0.25) is 0 Å². The van der Waals surface area contributed by atoms with E-state index in [1.807, 2.05) is 0 Å². The van der Waals surface area contributed by atoms with Gasteiger partial charge in [-0.25, -0.2) is 0 Å². The summed E-state index contributed by atoms with van der Waals surface area (Å²) in [5, 5.41) is 33.1. The number of rotatable bonds is 4. The average molecular weight is 478 g/mol. The molecule has 0 spiro atoms. The lowest BCUT2D eigenvalue weighted by Gasteiger charge is -2.23. The van der Waals surface area contributed by atoms with Crippen LogP contribution in [0.5, 0.6) is 11.8 Å². The van der Waals surface area contributed by atoms with Crippen LogP contribution in [0.1, 0.15) is 22.6 Å². The summed E-state index contributed by atoms with van der Waals surface area (Å²) in [4.78, 5) is 37.1. The van der Waals surface area contributed by atoms with Crippen molar-refractivity contribution in [3.63, 3.8) is 0 Å². The van der Waals surface area contributed by atoms with Crippen LogP contribution in [0.25, 0.3) is 0 Å². The van der Waals surface area contributed by atoms with Gasteiger partial charge in [0.2, 0.25) is 11.8 Å². The molecule has 13 heteroatoms. The molecule has 0 unspecified atom stereocenters. The quantitative estimate of drug-likeness (QED) is 0.329. The molecule has 1 aromatic carbocycles. The standard InChI is InChI=1S/C19H19N5O6S2/c1-20-14(25)12(15(26)21(2)18(20)31)11(9-6-5-7-10(8-9)24(29)30)13-16(27)22(3)19(32)23(4)17(13)28/h5-8,11,25,27H,1-4H3. The normalized spacial score (nSPS) is 11.2. The second kappa shape index (κ2) is 8.16. The highest BCUT2D eigenvalue weighted by atomic mass is 32.1. The van der Waals surface area contributed by atoms with Gasteiger partial charge in [0.15, 0.2) is 9.54 Å². The van der Waals surface area contributed by atoms with Crippen LogP contribution < -0.4 is 11.1 Å². The number of non-ortho nitro benzene ring substituents is 1. The lowest BCUT2D eigenvalue weighted by molar-refractivity contribution is -0.384. The van der Waals surface area contributed by atoms with Gasteiger partial charge in [0, 0.05) is 40.3 Å². The minimum absolute atomic E-state index is 0.0117. The van der Waals surface area contributed by atoms with Gasteiger partial charge in [-0.15, -0.1) is 0 Å². The maximum atomic E-state index is 13.2. The van der Waals surface area contributed by atoms with E-state index in [4.69, 9.17) is 24.4 Å². The van der Waals surface area contributed by atoms with Gasteiger partial charge < -0.3 is 10.2 Å². The lowest BCUT2D eigenvalue weighted by Crippen LogP contribution is -2.33. The van der Waals surface area contributed by atoms with E-state index < -0.39 is 33.7 Å². The highest BCUT2D eigenvalue weighted by molar-refractivity contribution is 7.71. The van der Waals surface area contributed by atoms with Crippen molar-refractivity contribution >= 4 is 30.1 Å². The summed E-state index contributed by atoms with van der Waals surface area (Å²) in [6, 6.07) is 5.26. The number of nitrogens with zero attached hydrogens (tertiary/aromatic N) is 5. The summed E-state index contributed by atoms with van der Waals surface area (Å²) < 4.78 is 4.55. The first kappa shape index (κ1) is 23.1. The molecule has 2 aromatic heterocycles. The predicted octanol–water partition coefficient (Wildman–Crippen LogP) is 1.72. The van der Waals surface area contributed by atoms with E-state index in [1.54, 1.807) is 0 Å². The molecule has 0 aliphatic carbocycles. The Morgan fingerprint density at radius 3 is 1.72 bits per heavy atom. The summed E-state index contributed by atoms with van der Waals surface area (Å²) in [7, 11) is 5.63. The van der Waals surface area contributed by atoms with Gasteiger partial charge in [-0.1, -0.05) is 12.1 Å². The van der Waals surface area contributed by atoms with Gasteiger partial charge in [-0.05, 0) is 30.0 Å². The Morgan fingerprint density at radius 1 is 0.875 bits per heavy atom. The Kier molecular flexibility index (Phi) is 5.89. The molecule has 168 valence electrons. The van der Waals surface area contributed by atoms with E-state index in [0.717, 1.165) is 9.13 Å². The largest absolute Gasteiger partial charge is 0.494 e. The SMILES string of the molecule is Cn1c(O)c(C(c2cccc([N+](=O)[O-])c2)c2c(O)n(C)c(=S)n(C)c2=O)c(=O)n(C)c1=S. The number of benzene rings is 1. The van der Waals surface area contributed by atoms with Crippen LogP contribution in [-0.4, -0.2) is 33.4 Å². The molecule has 3 rings (SSSR count). The Labute approximate surface area is 190 Å². The van der Waals surface area contributed by atoms with Crippen molar-refractivity contribution in [1.29, 1.82) is 0 Å². The molecule has 11 nitrogen and oxygen atoms in total. The Morgan fingerprint density at radius 2 is 1.31 bits per heavy atom. The molecule has 0 amide bonds. The Bertz CT molecular complexity index is 1430. The van der Waals surface area contributed by atoms with E-state index in [-0.39, 0.29) is 31.9 Å². The first-order valence-corrected chi connectivity index (χ1v) is 9.93. The minimum Gasteiger partial charge on any atom is -0.494 e. The summed E-state index contributed by atoms with van der Waals surface area (Å²) in [5.74, 6) is -2.45. The maximum Gasteiger partial charge on any atom is 0.269 e. The van der Waals surface area contributed by atoms with Crippen LogP contribution >= 0.6 is 24.4 Å². The number of hydrogen-bond donors (Lipinski definition) is 2. The maximum absolute atomic E-state index is 13.2. The Balaban J connectivity index is 2.59. The molecule has 0 bridgehead atoms. The van der Waals surface area contributed by atoms with Gasteiger partial charge in [0.1, 0.15) is 0 Å². The summed E-state index contributed by atoms with van der Waals surface area (Å²) >= 11 is 10.3. The van der Waals surface area contributed by atoms with Crippen molar-refractivity contribution in [3.05, 3.63) is 81.3 Å². The van der Waals surface area contributed by atoms with Crippen LogP contribution in [-0.2, 0) is 28.2 Å². The fourth-order valence-electron chi connectivity index (χ4n) is 3.52. The number of nitro groups is 1. The highest BCUT2D eigenvalue weighted by Crippen LogP contribution is 2.37. The molecule has 0 aliphatic heterocycles. The van der Waals surface area contributed by atoms with E-state index >= 15 is 0 Å². The van der Waals surface area contributed by atoms with Crippen molar-refractivity contribution in [2.75, 3.05) is 0 Å². The second-order valence-electron chi connectivity index (χ2n) is 7.17. The zero-order valence-electron chi connectivity index (χ0n) is 17.5. The van der Waals surface area contributed by atoms with Gasteiger partial charge >= 0.3 is 0 Å². The number of nitro benzene ring substituents is 1. The highest BCUT2D eigenvalue weighted by Gasteiger charge is 2.33. The van der Waals surface area contributed by atoms with E-state index in [0.29, 0.717) is 0 Å². The molecule has 0 saturated carbocycles. The summed E-state index contributed by atoms with van der Waals surface area (Å²) in [5.41, 5.74) is -2.19. The molecule has 32 heavy (non-hydrogen) atoms. The molecule has 0 saturated heterocycles. The van der Waals surface area contributed by atoms with Gasteiger partial charge in [-0.3, -0.25) is 38.0 Å². The van der Waals surface area contributed by atoms with Crippen LogP contribution in [0.4, 0.5) is 5.69 Å². The molecular formula is C19H19N5O6S2. The zero-order chi connectivity index (χ0) is 24.1. The van der Waals surface area contributed by atoms with Gasteiger partial charge in [0.25, 0.3) is 16.8 Å². The third-order valence-electron chi connectivity index (χ3n) is 5.33. The number of aromatic hydroxyl groups is 2. The van der Waals surface area contributed by atoms with Crippen LogP contribution in [0.15, 0.2) is 33.9 Å². The van der Waals surface area contributed by atoms with E-state index in [1.165, 1.54) is 61.6 Å². The molecule has 0 aliphatic rings. The summed E-state index contributed by atoms with van der Waals surface area (Å²) in [6.07, 6.45) is 0. The Hall–Kier alpha value is -3.58. The molecular weight excluding hydrogens is 458 g/mol. The number of aromatic nitrogens is 4. The zero-order valence-corrected chi connectivity index (χ0v) is 19.1. The van der Waals surface area contributed by atoms with Crippen molar-refractivity contribution in [2.45, 2.75) is 5.92 Å². The van der Waals surface area contributed by atoms with Gasteiger partial charge in [-0.2, -0.15) is 0 Å². The summed E-state index contributed by atoms with van der Waals surface area (Å²) in [6.45, 7) is 0. The molecule has 3 aromatic rings. The predicted molar refractivity (Wildman–Crippen MR) is 120 cm³/mol. The molecule has 0 fully saturated rings. The molecule has 0 atom stereocenters. The first-order chi connectivity index (χ1) is 14.9. The minimum atomic E-state index is -1.36. The van der Waals surface area contributed by atoms with Crippen molar-refractivity contribution < 1.29 is 15.1 Å². The third kappa shape index (κ3) is 3.44. The van der Waals surface area contributed by atoms with Gasteiger partial charge in [0.05, 0.1) is 22.0 Å². The topological polar surface area (TPSA) is 137 Å². The second-order valence-corrected chi connectivity index (χ2v) is 7.90. The third-order valence-corrected chi connectivity index (χ3v) is 6.42. The van der Waals surface area contributed by atoms with Crippen molar-refractivity contribution in [3.8, 4) is 11.8 Å². The van der Waals surface area contributed by atoms with E-state index in [2.05, 4.69) is 0 Å².